The number of nitrogens with zero attached hydrogens (tertiary/aromatic N) is 3. The molecule has 13 atom stereocenters. The van der Waals surface area contributed by atoms with E-state index in [1.54, 1.807) is 72.6 Å². The zero-order chi connectivity index (χ0) is 105. The molecule has 0 saturated carbocycles. The van der Waals surface area contributed by atoms with Gasteiger partial charge in [0.1, 0.15) is 72.7 Å². The van der Waals surface area contributed by atoms with Crippen molar-refractivity contribution in [2.75, 3.05) is 181 Å². The molecule has 0 spiro atoms. The number of cyclic esters (lactones) is 4. The van der Waals surface area contributed by atoms with Gasteiger partial charge in [0, 0.05) is 74.4 Å². The first kappa shape index (κ1) is 128. The van der Waals surface area contributed by atoms with Gasteiger partial charge in [-0.15, -0.1) is 0 Å². The molecule has 0 aromatic heterocycles. The summed E-state index contributed by atoms with van der Waals surface area (Å²) < 4.78 is 98.2. The van der Waals surface area contributed by atoms with Crippen LogP contribution in [0.5, 0.6) is 0 Å². The Hall–Kier alpha value is -9.61. The fraction of sp³-hybridized carbons (Fsp3) is 0.747. The Morgan fingerprint density at radius 1 is 0.355 bits per heavy atom. The highest BCUT2D eigenvalue weighted by Gasteiger charge is 2.56. The van der Waals surface area contributed by atoms with Crippen molar-refractivity contribution in [1.29, 1.82) is 0 Å². The first-order valence-electron chi connectivity index (χ1n) is 47.3. The van der Waals surface area contributed by atoms with Gasteiger partial charge in [0.2, 0.25) is 18.9 Å². The monoisotopic (exact) mass is 1970 g/mol. The standard InChI is InChI=1S/C66H110N2O24.C9H14O3.C8H15NO2.C8H10O4.C8H14O3/c1-15-47-39-63(7,59(79)91-49-21-17-19-27-81-49)43-65(9,57(77)89-31-25-69)41-61(5,55(75)87-29-23-67(11)12)37-46(4)52(72)84-34-36-86-54(74)48(16-2)40-64(8,60(80)92-50-22-18-20-28-82-50)44-66(10,58(78)90-32-26-70)42-62(6,56(76)88-30-24-68(13)14)38-45(3)51(71)83-33-35-85-53(47)73;1-7(2)9(10)12-8-5-3-4-6-11-8;1-7(2)8(10)11-6-5-9(3)4;1-3-7(9)11-5-6-12-8(10)4-2;1-7(2)8(10)11-6-4-3-5-9/h45-50,69-70H,15-44H2,1-14H3;8H,1,3-6H2,2H3;1,5-6H2,2-4H3;3-4H,1-2,5-6H2;9H,1,3-6H2,2H3. The first-order valence-corrected chi connectivity index (χ1v) is 47.3. The summed E-state index contributed by atoms with van der Waals surface area (Å²) in [4.78, 5) is 204. The number of aliphatic hydroxyl groups is 3. The van der Waals surface area contributed by atoms with E-state index in [2.05, 4.69) is 42.4 Å². The van der Waals surface area contributed by atoms with Crippen LogP contribution in [0.1, 0.15) is 225 Å². The van der Waals surface area contributed by atoms with Crippen LogP contribution >= 0.6 is 0 Å². The van der Waals surface area contributed by atoms with Gasteiger partial charge in [-0.25, -0.2) is 24.0 Å². The van der Waals surface area contributed by atoms with E-state index in [-0.39, 0.29) is 95.8 Å². The molecule has 0 radical (unpaired) electrons. The summed E-state index contributed by atoms with van der Waals surface area (Å²) in [5.74, 6) is -14.7. The number of esters is 15. The molecule has 4 aliphatic rings. The van der Waals surface area contributed by atoms with E-state index in [0.29, 0.717) is 101 Å². The fourth-order valence-corrected chi connectivity index (χ4v) is 15.4. The summed E-state index contributed by atoms with van der Waals surface area (Å²) in [6.07, 6.45) is 5.09. The Kier molecular flexibility index (Phi) is 63.7. The van der Waals surface area contributed by atoms with Crippen molar-refractivity contribution in [3.8, 4) is 0 Å². The van der Waals surface area contributed by atoms with Crippen molar-refractivity contribution in [2.24, 2.45) is 56.2 Å². The van der Waals surface area contributed by atoms with E-state index in [0.717, 1.165) is 50.8 Å². The fourth-order valence-electron chi connectivity index (χ4n) is 15.4. The van der Waals surface area contributed by atoms with Gasteiger partial charge in [0.05, 0.1) is 95.8 Å². The molecule has 0 bridgehead atoms. The molecule has 0 aromatic rings. The van der Waals surface area contributed by atoms with Crippen LogP contribution in [0.4, 0.5) is 0 Å². The third-order valence-corrected chi connectivity index (χ3v) is 22.4. The number of unbranched alkanes of at least 4 members (excludes halogenated alkanes) is 1. The second kappa shape index (κ2) is 68.5. The predicted octanol–water partition coefficient (Wildman–Crippen LogP) is 9.70. The Morgan fingerprint density at radius 3 is 0.928 bits per heavy atom. The van der Waals surface area contributed by atoms with Crippen LogP contribution in [-0.4, -0.2) is 319 Å². The van der Waals surface area contributed by atoms with Crippen molar-refractivity contribution in [2.45, 2.75) is 244 Å². The van der Waals surface area contributed by atoms with Gasteiger partial charge >= 0.3 is 89.5 Å². The van der Waals surface area contributed by atoms with Gasteiger partial charge in [0.15, 0.2) is 0 Å². The minimum absolute atomic E-state index is 0.0322. The minimum Gasteiger partial charge on any atom is -0.464 e. The van der Waals surface area contributed by atoms with Crippen molar-refractivity contribution in [3.05, 3.63) is 61.8 Å². The van der Waals surface area contributed by atoms with Gasteiger partial charge < -0.3 is 115 Å². The number of hydrogen-bond donors (Lipinski definition) is 3. The molecule has 0 aromatic carbocycles. The largest absolute Gasteiger partial charge is 0.464 e. The molecular formula is C99H163N3O36. The molecule has 0 amide bonds. The lowest BCUT2D eigenvalue weighted by molar-refractivity contribution is -0.202. The summed E-state index contributed by atoms with van der Waals surface area (Å²) in [5, 5.41) is 28.1. The van der Waals surface area contributed by atoms with E-state index in [1.807, 2.05) is 19.0 Å². The molecule has 4 fully saturated rings. The lowest BCUT2D eigenvalue weighted by Gasteiger charge is -2.42. The van der Waals surface area contributed by atoms with Crippen LogP contribution in [0.15, 0.2) is 61.8 Å². The highest BCUT2D eigenvalue weighted by atomic mass is 16.7. The molecule has 39 heteroatoms. The number of carbonyl (C=O) groups excluding carboxylic acids is 15. The SMILES string of the molecule is C=C(C)C(=O)OC1CCCCO1.C=C(C)C(=O)OCCCCO.C=C(C)C(=O)OCCN(C)C.C=CC(=O)OCCOC(=O)C=C.CCC1CC(C)(C(=O)OC2CCCCO2)CC(C)(C(=O)OCCO)CC(C)(C(=O)OCCN(C)C)CC(C)C(=O)OCCOC(=O)C(CC)CC(C)(C(=O)OC2CCCCO2)CC(C)(C(=O)OCCO)CC(C)(C(=O)OCCN(C)C)CC(C)C(=O)OCCOC1=O. The van der Waals surface area contributed by atoms with Crippen LogP contribution in [0.3, 0.4) is 0 Å². The first-order chi connectivity index (χ1) is 64.8. The Morgan fingerprint density at radius 2 is 0.645 bits per heavy atom. The van der Waals surface area contributed by atoms with Crippen LogP contribution in [0.25, 0.3) is 0 Å². The van der Waals surface area contributed by atoms with E-state index < -0.39 is 219 Å². The quantitative estimate of drug-likeness (QED) is 0.0227. The lowest BCUT2D eigenvalue weighted by atomic mass is 9.62. The topological polar surface area (TPSA) is 493 Å². The average molecular weight is 1970 g/mol. The molecule has 4 heterocycles. The summed E-state index contributed by atoms with van der Waals surface area (Å²) in [6.45, 7) is 36.7. The van der Waals surface area contributed by atoms with Crippen LogP contribution in [-0.2, 0) is 157 Å². The molecule has 4 saturated heterocycles. The van der Waals surface area contributed by atoms with Crippen LogP contribution in [0.2, 0.25) is 0 Å². The predicted molar refractivity (Wildman–Crippen MR) is 503 cm³/mol. The molecule has 13 unspecified atom stereocenters. The third-order valence-electron chi connectivity index (χ3n) is 22.4. The molecule has 790 valence electrons. The summed E-state index contributed by atoms with van der Waals surface area (Å²) in [7, 11) is 11.0. The Balaban J connectivity index is 0.00000327. The highest BCUT2D eigenvalue weighted by Crippen LogP contribution is 2.52. The average Bonchev–Trinajstić information content (AvgIpc) is 0.772. The lowest BCUT2D eigenvalue weighted by Crippen LogP contribution is -2.48. The van der Waals surface area contributed by atoms with Gasteiger partial charge in [-0.3, -0.25) is 47.9 Å². The zero-order valence-corrected chi connectivity index (χ0v) is 85.6. The third kappa shape index (κ3) is 52.1. The molecule has 3 N–H and O–H groups in total. The van der Waals surface area contributed by atoms with Crippen molar-refractivity contribution < 1.29 is 173 Å². The number of likely N-dealkylation sites (N-methyl/N-ethyl adjacent to an activating group) is 3. The normalized spacial score (nSPS) is 25.5. The Bertz CT molecular complexity index is 3650. The molecule has 4 aliphatic heterocycles. The maximum absolute atomic E-state index is 14.9. The molecule has 138 heavy (non-hydrogen) atoms. The zero-order valence-electron chi connectivity index (χ0n) is 85.6. The molecular weight excluding hydrogens is 1810 g/mol. The number of aliphatic hydroxyl groups excluding tert-OH is 3. The van der Waals surface area contributed by atoms with E-state index >= 15 is 0 Å². The van der Waals surface area contributed by atoms with E-state index in [1.165, 1.54) is 55.4 Å². The van der Waals surface area contributed by atoms with Crippen molar-refractivity contribution in [3.63, 3.8) is 0 Å². The van der Waals surface area contributed by atoms with Crippen LogP contribution < -0.4 is 0 Å². The maximum atomic E-state index is 14.9. The van der Waals surface area contributed by atoms with Crippen LogP contribution in [0, 0.1) is 56.2 Å². The highest BCUT2D eigenvalue weighted by molar-refractivity contribution is 5.89. The minimum atomic E-state index is -1.83. The molecule has 39 nitrogen and oxygen atoms in total. The van der Waals surface area contributed by atoms with Crippen molar-refractivity contribution in [1.82, 2.24) is 14.7 Å². The van der Waals surface area contributed by atoms with Crippen molar-refractivity contribution >= 4 is 89.5 Å². The van der Waals surface area contributed by atoms with Gasteiger partial charge in [-0.1, -0.05) is 60.6 Å². The number of carbonyl (C=O) groups is 15. The second-order valence-electron chi connectivity index (χ2n) is 37.4. The summed E-state index contributed by atoms with van der Waals surface area (Å²) >= 11 is 0. The number of hydrogen-bond acceptors (Lipinski definition) is 39. The van der Waals surface area contributed by atoms with Gasteiger partial charge in [0.25, 0.3) is 0 Å². The van der Waals surface area contributed by atoms with E-state index in [4.69, 9.17) is 80.9 Å². The summed E-state index contributed by atoms with van der Waals surface area (Å²) in [6, 6.07) is 0. The summed E-state index contributed by atoms with van der Waals surface area (Å²) in [5.41, 5.74) is -9.31. The van der Waals surface area contributed by atoms with Gasteiger partial charge in [-0.05, 0) is 220 Å². The van der Waals surface area contributed by atoms with E-state index in [9.17, 15) is 82.1 Å². The number of ether oxygens (including phenoxy) is 18. The number of rotatable bonds is 36. The maximum Gasteiger partial charge on any atom is 0.335 e. The second-order valence-corrected chi connectivity index (χ2v) is 37.4. The van der Waals surface area contributed by atoms with Gasteiger partial charge in [-0.2, -0.15) is 0 Å². The smallest absolute Gasteiger partial charge is 0.335 e. The molecule has 0 aliphatic carbocycles. The Labute approximate surface area is 815 Å². The molecule has 4 rings (SSSR count).